The fourth-order valence-electron chi connectivity index (χ4n) is 3.43. The summed E-state index contributed by atoms with van der Waals surface area (Å²) in [6, 6.07) is 4.01. The van der Waals surface area contributed by atoms with Gasteiger partial charge in [-0.3, -0.25) is 4.79 Å². The Morgan fingerprint density at radius 2 is 1.89 bits per heavy atom. The van der Waals surface area contributed by atoms with Crippen LogP contribution in [0, 0.1) is 20.8 Å². The van der Waals surface area contributed by atoms with E-state index in [0.717, 1.165) is 47.9 Å². The SMILES string of the molecule is COC(=O)c1c(NC(=O)COc2cc(C)cc(C)c2C)sc2c1CCCC2. The largest absolute Gasteiger partial charge is 0.483 e. The number of methoxy groups -OCH3 is 1. The first-order valence-corrected chi connectivity index (χ1v) is 9.95. The van der Waals surface area contributed by atoms with Gasteiger partial charge in [0.25, 0.3) is 5.91 Å². The molecule has 0 aliphatic heterocycles. The molecule has 1 N–H and O–H groups in total. The fourth-order valence-corrected chi connectivity index (χ4v) is 4.72. The van der Waals surface area contributed by atoms with Crippen molar-refractivity contribution >= 4 is 28.2 Å². The molecule has 2 aromatic rings. The Morgan fingerprint density at radius 3 is 2.63 bits per heavy atom. The first-order chi connectivity index (χ1) is 12.9. The topological polar surface area (TPSA) is 64.6 Å². The molecule has 0 spiro atoms. The number of thiophene rings is 1. The van der Waals surface area contributed by atoms with Crippen LogP contribution < -0.4 is 10.1 Å². The number of anilines is 1. The average Bonchev–Trinajstić information content (AvgIpc) is 3.00. The molecule has 3 rings (SSSR count). The molecule has 5 nitrogen and oxygen atoms in total. The molecule has 6 heteroatoms. The van der Waals surface area contributed by atoms with Gasteiger partial charge in [0.15, 0.2) is 6.61 Å². The van der Waals surface area contributed by atoms with E-state index in [9.17, 15) is 9.59 Å². The minimum absolute atomic E-state index is 0.104. The molecule has 1 amide bonds. The summed E-state index contributed by atoms with van der Waals surface area (Å²) in [5.74, 6) is 0.0365. The predicted molar refractivity (Wildman–Crippen MR) is 107 cm³/mol. The molecule has 0 saturated carbocycles. The molecule has 0 unspecified atom stereocenters. The third-order valence-corrected chi connectivity index (χ3v) is 6.14. The van der Waals surface area contributed by atoms with E-state index < -0.39 is 5.97 Å². The lowest BCUT2D eigenvalue weighted by Gasteiger charge is -2.13. The van der Waals surface area contributed by atoms with Crippen LogP contribution >= 0.6 is 11.3 Å². The highest BCUT2D eigenvalue weighted by molar-refractivity contribution is 7.17. The number of carbonyl (C=O) groups excluding carboxylic acids is 2. The van der Waals surface area contributed by atoms with E-state index in [0.29, 0.717) is 16.3 Å². The Labute approximate surface area is 163 Å². The summed E-state index contributed by atoms with van der Waals surface area (Å²) < 4.78 is 10.7. The molecule has 0 atom stereocenters. The normalized spacial score (nSPS) is 13.0. The molecule has 0 saturated heterocycles. The van der Waals surface area contributed by atoms with Crippen molar-refractivity contribution in [3.05, 3.63) is 44.8 Å². The molecular formula is C21H25NO4S. The Kier molecular flexibility index (Phi) is 5.85. The Morgan fingerprint density at radius 1 is 1.15 bits per heavy atom. The second-order valence-corrected chi connectivity index (χ2v) is 8.05. The van der Waals surface area contributed by atoms with Crippen molar-refractivity contribution < 1.29 is 19.1 Å². The minimum atomic E-state index is -0.393. The summed E-state index contributed by atoms with van der Waals surface area (Å²) in [7, 11) is 1.37. The van der Waals surface area contributed by atoms with Crippen molar-refractivity contribution in [3.8, 4) is 5.75 Å². The highest BCUT2D eigenvalue weighted by Gasteiger charge is 2.27. The van der Waals surface area contributed by atoms with Crippen LogP contribution in [0.2, 0.25) is 0 Å². The van der Waals surface area contributed by atoms with Gasteiger partial charge in [0.05, 0.1) is 12.7 Å². The first kappa shape index (κ1) is 19.4. The van der Waals surface area contributed by atoms with Gasteiger partial charge in [0, 0.05) is 4.88 Å². The van der Waals surface area contributed by atoms with Crippen LogP contribution in [0.25, 0.3) is 0 Å². The van der Waals surface area contributed by atoms with Gasteiger partial charge in [-0.1, -0.05) is 6.07 Å². The second kappa shape index (κ2) is 8.13. The highest BCUT2D eigenvalue weighted by Crippen LogP contribution is 2.38. The van der Waals surface area contributed by atoms with E-state index in [1.165, 1.54) is 23.3 Å². The zero-order valence-electron chi connectivity index (χ0n) is 16.2. The number of fused-ring (bicyclic) bond motifs is 1. The van der Waals surface area contributed by atoms with E-state index >= 15 is 0 Å². The molecule has 1 aromatic carbocycles. The van der Waals surface area contributed by atoms with Crippen molar-refractivity contribution in [2.24, 2.45) is 0 Å². The van der Waals surface area contributed by atoms with E-state index in [1.807, 2.05) is 26.8 Å². The number of amides is 1. The molecule has 0 bridgehead atoms. The number of nitrogens with one attached hydrogen (secondary N) is 1. The quantitative estimate of drug-likeness (QED) is 0.775. The summed E-state index contributed by atoms with van der Waals surface area (Å²) in [6.07, 6.45) is 3.95. The minimum Gasteiger partial charge on any atom is -0.483 e. The van der Waals surface area contributed by atoms with Gasteiger partial charge in [0.2, 0.25) is 0 Å². The molecule has 0 fully saturated rings. The Hall–Kier alpha value is -2.34. The van der Waals surface area contributed by atoms with Gasteiger partial charge < -0.3 is 14.8 Å². The van der Waals surface area contributed by atoms with Crippen LogP contribution in [0.5, 0.6) is 5.75 Å². The number of hydrogen-bond acceptors (Lipinski definition) is 5. The summed E-state index contributed by atoms with van der Waals surface area (Å²) in [6.45, 7) is 5.89. The lowest BCUT2D eigenvalue weighted by atomic mass is 9.95. The third kappa shape index (κ3) is 4.16. The van der Waals surface area contributed by atoms with E-state index in [2.05, 4.69) is 11.4 Å². The molecule has 0 radical (unpaired) electrons. The lowest BCUT2D eigenvalue weighted by molar-refractivity contribution is -0.118. The van der Waals surface area contributed by atoms with Crippen molar-refractivity contribution in [1.29, 1.82) is 0 Å². The van der Waals surface area contributed by atoms with E-state index in [1.54, 1.807) is 0 Å². The summed E-state index contributed by atoms with van der Waals surface area (Å²) >= 11 is 1.48. The maximum atomic E-state index is 12.5. The Balaban J connectivity index is 1.75. The van der Waals surface area contributed by atoms with Crippen LogP contribution in [-0.4, -0.2) is 25.6 Å². The van der Waals surface area contributed by atoms with Gasteiger partial charge in [-0.15, -0.1) is 11.3 Å². The van der Waals surface area contributed by atoms with Crippen molar-refractivity contribution in [3.63, 3.8) is 0 Å². The molecule has 1 aliphatic carbocycles. The third-order valence-electron chi connectivity index (χ3n) is 4.94. The van der Waals surface area contributed by atoms with Gasteiger partial charge in [0.1, 0.15) is 10.8 Å². The lowest BCUT2D eigenvalue weighted by Crippen LogP contribution is -2.21. The number of hydrogen-bond donors (Lipinski definition) is 1. The maximum Gasteiger partial charge on any atom is 0.341 e. The van der Waals surface area contributed by atoms with Crippen LogP contribution in [0.15, 0.2) is 12.1 Å². The molecule has 1 aliphatic rings. The van der Waals surface area contributed by atoms with Gasteiger partial charge >= 0.3 is 5.97 Å². The number of carbonyl (C=O) groups is 2. The standard InChI is InChI=1S/C21H25NO4S/c1-12-9-13(2)14(3)16(10-12)26-11-18(23)22-20-19(21(24)25-4)15-7-5-6-8-17(15)27-20/h9-10H,5-8,11H2,1-4H3,(H,22,23). The monoisotopic (exact) mass is 387 g/mol. The number of aryl methyl sites for hydroxylation is 3. The van der Waals surface area contributed by atoms with Crippen LogP contribution in [0.3, 0.4) is 0 Å². The number of rotatable bonds is 5. The van der Waals surface area contributed by atoms with Gasteiger partial charge in [-0.05, 0) is 74.8 Å². The number of benzene rings is 1. The van der Waals surface area contributed by atoms with Gasteiger partial charge in [-0.25, -0.2) is 4.79 Å². The summed E-state index contributed by atoms with van der Waals surface area (Å²) in [4.78, 5) is 25.9. The zero-order valence-corrected chi connectivity index (χ0v) is 17.0. The predicted octanol–water partition coefficient (Wildman–Crippen LogP) is 4.36. The van der Waals surface area contributed by atoms with Crippen molar-refractivity contribution in [2.45, 2.75) is 46.5 Å². The average molecular weight is 388 g/mol. The van der Waals surface area contributed by atoms with Crippen LogP contribution in [-0.2, 0) is 22.4 Å². The Bertz CT molecular complexity index is 885. The number of esters is 1. The van der Waals surface area contributed by atoms with Crippen molar-refractivity contribution in [1.82, 2.24) is 0 Å². The molecule has 144 valence electrons. The van der Waals surface area contributed by atoms with Gasteiger partial charge in [-0.2, -0.15) is 0 Å². The molecule has 27 heavy (non-hydrogen) atoms. The van der Waals surface area contributed by atoms with E-state index in [4.69, 9.17) is 9.47 Å². The van der Waals surface area contributed by atoms with Crippen LogP contribution in [0.1, 0.15) is 50.3 Å². The zero-order chi connectivity index (χ0) is 19.6. The second-order valence-electron chi connectivity index (χ2n) is 6.95. The van der Waals surface area contributed by atoms with Crippen molar-refractivity contribution in [2.75, 3.05) is 19.0 Å². The summed E-state index contributed by atoms with van der Waals surface area (Å²) in [5.41, 5.74) is 4.78. The highest BCUT2D eigenvalue weighted by atomic mass is 32.1. The first-order valence-electron chi connectivity index (χ1n) is 9.14. The number of ether oxygens (including phenoxy) is 2. The van der Waals surface area contributed by atoms with E-state index in [-0.39, 0.29) is 12.5 Å². The smallest absolute Gasteiger partial charge is 0.341 e. The summed E-state index contributed by atoms with van der Waals surface area (Å²) in [5, 5.41) is 3.42. The van der Waals surface area contributed by atoms with Crippen LogP contribution in [0.4, 0.5) is 5.00 Å². The molecule has 1 heterocycles. The molecular weight excluding hydrogens is 362 g/mol. The molecule has 1 aromatic heterocycles. The fraction of sp³-hybridized carbons (Fsp3) is 0.429. The maximum absolute atomic E-state index is 12.5.